The maximum absolute atomic E-state index is 12.5. The molecule has 144 valence electrons. The molecule has 0 spiro atoms. The quantitative estimate of drug-likeness (QED) is 0.587. The zero-order valence-electron chi connectivity index (χ0n) is 15.4. The van der Waals surface area contributed by atoms with Crippen molar-refractivity contribution in [3.63, 3.8) is 0 Å². The minimum Gasteiger partial charge on any atom is -0.399 e. The first kappa shape index (κ1) is 20.6. The Balaban J connectivity index is 0.00000261. The summed E-state index contributed by atoms with van der Waals surface area (Å²) in [7, 11) is 0. The molecule has 0 bridgehead atoms. The molecule has 0 saturated heterocycles. The van der Waals surface area contributed by atoms with E-state index in [4.69, 9.17) is 5.73 Å². The summed E-state index contributed by atoms with van der Waals surface area (Å²) in [5, 5.41) is 8.67. The van der Waals surface area contributed by atoms with Crippen LogP contribution in [0.5, 0.6) is 0 Å². The predicted octanol–water partition coefficient (Wildman–Crippen LogP) is 3.77. The number of nitrogen functional groups attached to an aromatic ring is 1. The first-order valence-corrected chi connectivity index (χ1v) is 8.77. The van der Waals surface area contributed by atoms with Crippen molar-refractivity contribution < 1.29 is 9.59 Å². The molecule has 3 rings (SSSR count). The van der Waals surface area contributed by atoms with E-state index in [9.17, 15) is 9.59 Å². The van der Waals surface area contributed by atoms with E-state index in [1.54, 1.807) is 12.1 Å². The summed E-state index contributed by atoms with van der Waals surface area (Å²) in [6.07, 6.45) is 2.10. The zero-order chi connectivity index (χ0) is 18.7. The van der Waals surface area contributed by atoms with Crippen LogP contribution in [0.1, 0.15) is 47.3 Å². The molecule has 1 fully saturated rings. The van der Waals surface area contributed by atoms with Crippen molar-refractivity contribution in [1.82, 2.24) is 10.6 Å². The molecule has 0 heterocycles. The lowest BCUT2D eigenvalue weighted by atomic mass is 10.0. The maximum Gasteiger partial charge on any atom is 0.319 e. The van der Waals surface area contributed by atoms with Crippen molar-refractivity contribution in [2.45, 2.75) is 38.8 Å². The number of halogens is 1. The molecule has 5 N–H and O–H groups in total. The number of carbonyl (C=O) groups is 2. The number of aryl methyl sites for hydroxylation is 1. The molecule has 27 heavy (non-hydrogen) atoms. The highest BCUT2D eigenvalue weighted by Crippen LogP contribution is 2.20. The minimum atomic E-state index is -0.182. The standard InChI is InChI=1S/C20H24N4O2.ClH/c1-12-3-6-15(21)11-18(12)19(25)22-13(2)14-4-7-16(8-5-14)23-20(26)24-17-9-10-17;/h3-8,11,13,17H,9-10,21H2,1-2H3,(H,22,25)(H2,23,24,26);1H. The second-order valence-electron chi connectivity index (χ2n) is 6.76. The van der Waals surface area contributed by atoms with Crippen LogP contribution in [-0.2, 0) is 0 Å². The Morgan fingerprint density at radius 2 is 1.78 bits per heavy atom. The number of benzene rings is 2. The number of hydrogen-bond donors (Lipinski definition) is 4. The van der Waals surface area contributed by atoms with Gasteiger partial charge in [0.15, 0.2) is 0 Å². The van der Waals surface area contributed by atoms with Gasteiger partial charge >= 0.3 is 6.03 Å². The summed E-state index contributed by atoms with van der Waals surface area (Å²) in [5.41, 5.74) is 9.47. The molecular formula is C20H25ClN4O2. The molecular weight excluding hydrogens is 364 g/mol. The van der Waals surface area contributed by atoms with Gasteiger partial charge in [0.2, 0.25) is 0 Å². The molecule has 2 aromatic rings. The van der Waals surface area contributed by atoms with Crippen LogP contribution in [0.2, 0.25) is 0 Å². The molecule has 2 aromatic carbocycles. The minimum absolute atomic E-state index is 0. The number of amides is 3. The van der Waals surface area contributed by atoms with Crippen LogP contribution >= 0.6 is 12.4 Å². The lowest BCUT2D eigenvalue weighted by Gasteiger charge is -2.16. The van der Waals surface area contributed by atoms with E-state index in [0.717, 1.165) is 29.7 Å². The highest BCUT2D eigenvalue weighted by Gasteiger charge is 2.23. The Kier molecular flexibility index (Phi) is 6.69. The lowest BCUT2D eigenvalue weighted by molar-refractivity contribution is 0.0939. The lowest BCUT2D eigenvalue weighted by Crippen LogP contribution is -2.30. The number of nitrogens with one attached hydrogen (secondary N) is 3. The van der Waals surface area contributed by atoms with Crippen LogP contribution < -0.4 is 21.7 Å². The second kappa shape index (κ2) is 8.77. The highest BCUT2D eigenvalue weighted by molar-refractivity contribution is 5.96. The van der Waals surface area contributed by atoms with Crippen LogP contribution in [-0.4, -0.2) is 18.0 Å². The maximum atomic E-state index is 12.5. The van der Waals surface area contributed by atoms with Crippen molar-refractivity contribution >= 4 is 35.7 Å². The third-order valence-corrected chi connectivity index (χ3v) is 4.43. The van der Waals surface area contributed by atoms with Crippen LogP contribution in [0, 0.1) is 6.92 Å². The fraction of sp³-hybridized carbons (Fsp3) is 0.300. The first-order valence-electron chi connectivity index (χ1n) is 8.77. The molecule has 3 amide bonds. The normalized spacial score (nSPS) is 13.9. The van der Waals surface area contributed by atoms with Crippen LogP contribution in [0.3, 0.4) is 0 Å². The molecule has 0 aromatic heterocycles. The van der Waals surface area contributed by atoms with E-state index < -0.39 is 0 Å². The molecule has 1 saturated carbocycles. The van der Waals surface area contributed by atoms with Gasteiger partial charge in [0.25, 0.3) is 5.91 Å². The van der Waals surface area contributed by atoms with Gasteiger partial charge in [-0.15, -0.1) is 12.4 Å². The van der Waals surface area contributed by atoms with Crippen molar-refractivity contribution in [2.24, 2.45) is 0 Å². The molecule has 0 radical (unpaired) electrons. The molecule has 1 atom stereocenters. The van der Waals surface area contributed by atoms with Crippen molar-refractivity contribution in [3.8, 4) is 0 Å². The first-order chi connectivity index (χ1) is 12.4. The fourth-order valence-electron chi connectivity index (χ4n) is 2.68. The van der Waals surface area contributed by atoms with Crippen molar-refractivity contribution in [1.29, 1.82) is 0 Å². The molecule has 1 aliphatic carbocycles. The number of urea groups is 1. The molecule has 7 heteroatoms. The third-order valence-electron chi connectivity index (χ3n) is 4.43. The largest absolute Gasteiger partial charge is 0.399 e. The smallest absolute Gasteiger partial charge is 0.319 e. The zero-order valence-corrected chi connectivity index (χ0v) is 16.2. The number of carbonyl (C=O) groups excluding carboxylic acids is 2. The highest BCUT2D eigenvalue weighted by atomic mass is 35.5. The van der Waals surface area contributed by atoms with E-state index in [1.807, 2.05) is 44.2 Å². The molecule has 1 aliphatic rings. The number of hydrogen-bond acceptors (Lipinski definition) is 3. The van der Waals surface area contributed by atoms with Crippen LogP contribution in [0.25, 0.3) is 0 Å². The Morgan fingerprint density at radius 1 is 1.11 bits per heavy atom. The van der Waals surface area contributed by atoms with Gasteiger partial charge in [-0.2, -0.15) is 0 Å². The third kappa shape index (κ3) is 5.62. The summed E-state index contributed by atoms with van der Waals surface area (Å²) in [6.45, 7) is 3.80. The summed E-state index contributed by atoms with van der Waals surface area (Å²) in [6, 6.07) is 12.7. The summed E-state index contributed by atoms with van der Waals surface area (Å²) in [5.74, 6) is -0.159. The van der Waals surface area contributed by atoms with Gasteiger partial charge in [-0.25, -0.2) is 4.79 Å². The summed E-state index contributed by atoms with van der Waals surface area (Å²) >= 11 is 0. The fourth-order valence-corrected chi connectivity index (χ4v) is 2.68. The van der Waals surface area contributed by atoms with Crippen LogP contribution in [0.15, 0.2) is 42.5 Å². The van der Waals surface area contributed by atoms with Gasteiger partial charge in [-0.1, -0.05) is 18.2 Å². The van der Waals surface area contributed by atoms with Gasteiger partial charge in [0.05, 0.1) is 6.04 Å². The van der Waals surface area contributed by atoms with E-state index in [1.165, 1.54) is 0 Å². The predicted molar refractivity (Wildman–Crippen MR) is 110 cm³/mol. The monoisotopic (exact) mass is 388 g/mol. The number of nitrogens with two attached hydrogens (primary N) is 1. The second-order valence-corrected chi connectivity index (χ2v) is 6.76. The van der Waals surface area contributed by atoms with E-state index in [0.29, 0.717) is 17.3 Å². The van der Waals surface area contributed by atoms with Gasteiger partial charge < -0.3 is 21.7 Å². The Bertz CT molecular complexity index is 819. The van der Waals surface area contributed by atoms with Gasteiger partial charge in [-0.05, 0) is 62.1 Å². The molecule has 1 unspecified atom stereocenters. The number of anilines is 2. The van der Waals surface area contributed by atoms with Gasteiger partial charge in [0, 0.05) is 23.0 Å². The van der Waals surface area contributed by atoms with E-state index in [2.05, 4.69) is 16.0 Å². The van der Waals surface area contributed by atoms with Gasteiger partial charge in [-0.3, -0.25) is 4.79 Å². The SMILES string of the molecule is Cc1ccc(N)cc1C(=O)NC(C)c1ccc(NC(=O)NC2CC2)cc1.Cl. The summed E-state index contributed by atoms with van der Waals surface area (Å²) < 4.78 is 0. The Labute approximate surface area is 165 Å². The molecule has 0 aliphatic heterocycles. The van der Waals surface area contributed by atoms with Crippen molar-refractivity contribution in [3.05, 3.63) is 59.2 Å². The van der Waals surface area contributed by atoms with Gasteiger partial charge in [0.1, 0.15) is 0 Å². The van der Waals surface area contributed by atoms with E-state index in [-0.39, 0.29) is 30.4 Å². The van der Waals surface area contributed by atoms with Crippen LogP contribution in [0.4, 0.5) is 16.2 Å². The Hall–Kier alpha value is -2.73. The average molecular weight is 389 g/mol. The van der Waals surface area contributed by atoms with E-state index >= 15 is 0 Å². The number of rotatable bonds is 5. The van der Waals surface area contributed by atoms with Crippen molar-refractivity contribution in [2.75, 3.05) is 11.1 Å². The summed E-state index contributed by atoms with van der Waals surface area (Å²) in [4.78, 5) is 24.2. The topological polar surface area (TPSA) is 96.2 Å². The Morgan fingerprint density at radius 3 is 2.41 bits per heavy atom. The molecule has 6 nitrogen and oxygen atoms in total. The average Bonchev–Trinajstić information content (AvgIpc) is 3.41.